The Bertz CT molecular complexity index is 160. The van der Waals surface area contributed by atoms with Crippen molar-refractivity contribution in [3.63, 3.8) is 0 Å². The van der Waals surface area contributed by atoms with Crippen molar-refractivity contribution in [2.24, 2.45) is 5.92 Å². The molecule has 0 fully saturated rings. The van der Waals surface area contributed by atoms with E-state index in [0.29, 0.717) is 6.42 Å². The van der Waals surface area contributed by atoms with E-state index in [1.54, 1.807) is 6.92 Å². The molecule has 0 aromatic rings. The highest BCUT2D eigenvalue weighted by atomic mass is 16.4. The largest absolute Gasteiger partial charge is 0.481 e. The number of nitrogens with one attached hydrogen (secondary N) is 1. The first-order valence-electron chi connectivity index (χ1n) is 3.67. The molecule has 0 saturated carbocycles. The summed E-state index contributed by atoms with van der Waals surface area (Å²) in [7, 11) is 1.43. The maximum absolute atomic E-state index is 10.5. The maximum atomic E-state index is 10.5. The Morgan fingerprint density at radius 1 is 1.33 bits per heavy atom. The van der Waals surface area contributed by atoms with Crippen LogP contribution in [-0.2, 0) is 9.59 Å². The van der Waals surface area contributed by atoms with Crippen LogP contribution in [0.4, 0.5) is 0 Å². The van der Waals surface area contributed by atoms with Gasteiger partial charge in [-0.15, -0.1) is 0 Å². The van der Waals surface area contributed by atoms with Crippen molar-refractivity contribution in [1.82, 2.24) is 5.32 Å². The molecule has 0 saturated heterocycles. The Morgan fingerprint density at radius 2 is 1.83 bits per heavy atom. The van der Waals surface area contributed by atoms with Crippen molar-refractivity contribution < 1.29 is 19.8 Å². The second-order valence-electron chi connectivity index (χ2n) is 2.46. The zero-order valence-electron chi connectivity index (χ0n) is 7.07. The Labute approximate surface area is 70.4 Å². The fourth-order valence-electron chi connectivity index (χ4n) is 1.05. The van der Waals surface area contributed by atoms with Gasteiger partial charge in [-0.2, -0.15) is 0 Å². The first kappa shape index (κ1) is 10.9. The molecule has 0 aromatic heterocycles. The Morgan fingerprint density at radius 3 is 1.92 bits per heavy atom. The van der Waals surface area contributed by atoms with E-state index in [1.165, 1.54) is 7.05 Å². The molecule has 0 aliphatic heterocycles. The number of rotatable bonds is 5. The lowest BCUT2D eigenvalue weighted by atomic mass is 9.97. The van der Waals surface area contributed by atoms with E-state index in [1.807, 2.05) is 0 Å². The summed E-state index contributed by atoms with van der Waals surface area (Å²) in [4.78, 5) is 21.0. The summed E-state index contributed by atoms with van der Waals surface area (Å²) in [5.41, 5.74) is 0. The van der Waals surface area contributed by atoms with Crippen molar-refractivity contribution in [2.75, 3.05) is 7.05 Å². The minimum absolute atomic E-state index is 0.299. The lowest BCUT2D eigenvalue weighted by Gasteiger charge is -2.17. The van der Waals surface area contributed by atoms with E-state index < -0.39 is 23.9 Å². The van der Waals surface area contributed by atoms with E-state index >= 15 is 0 Å². The molecule has 0 heterocycles. The van der Waals surface area contributed by atoms with Crippen LogP contribution in [0.5, 0.6) is 0 Å². The average Bonchev–Trinajstić information content (AvgIpc) is 1.98. The quantitative estimate of drug-likeness (QED) is 0.537. The van der Waals surface area contributed by atoms with Gasteiger partial charge in [-0.1, -0.05) is 6.92 Å². The van der Waals surface area contributed by atoms with Gasteiger partial charge in [-0.3, -0.25) is 9.59 Å². The van der Waals surface area contributed by atoms with Gasteiger partial charge in [0.15, 0.2) is 0 Å². The van der Waals surface area contributed by atoms with E-state index in [4.69, 9.17) is 10.2 Å². The number of hydrogen-bond donors (Lipinski definition) is 3. The summed E-state index contributed by atoms with van der Waals surface area (Å²) in [6.45, 7) is 1.64. The average molecular weight is 175 g/mol. The van der Waals surface area contributed by atoms with Crippen LogP contribution in [0.1, 0.15) is 13.3 Å². The van der Waals surface area contributed by atoms with Gasteiger partial charge in [-0.25, -0.2) is 0 Å². The van der Waals surface area contributed by atoms with Gasteiger partial charge in [0.1, 0.15) is 6.04 Å². The van der Waals surface area contributed by atoms with Crippen LogP contribution >= 0.6 is 0 Å². The molecule has 0 rings (SSSR count). The van der Waals surface area contributed by atoms with Crippen LogP contribution in [0.15, 0.2) is 0 Å². The third kappa shape index (κ3) is 2.50. The van der Waals surface area contributed by atoms with E-state index in [9.17, 15) is 9.59 Å². The van der Waals surface area contributed by atoms with Gasteiger partial charge in [-0.05, 0) is 13.5 Å². The Kier molecular flexibility index (Phi) is 4.28. The topological polar surface area (TPSA) is 86.6 Å². The number of carbonyl (C=O) groups is 2. The molecule has 70 valence electrons. The molecule has 5 nitrogen and oxygen atoms in total. The van der Waals surface area contributed by atoms with E-state index in [2.05, 4.69) is 5.32 Å². The van der Waals surface area contributed by atoms with Gasteiger partial charge in [0, 0.05) is 0 Å². The lowest BCUT2D eigenvalue weighted by molar-refractivity contribution is -0.150. The van der Waals surface area contributed by atoms with Crippen LogP contribution < -0.4 is 5.32 Å². The normalized spacial score (nSPS) is 15.2. The molecule has 5 heteroatoms. The Balaban J connectivity index is 4.44. The highest BCUT2D eigenvalue weighted by Crippen LogP contribution is 2.08. The third-order valence-corrected chi connectivity index (χ3v) is 1.74. The highest BCUT2D eigenvalue weighted by Gasteiger charge is 2.30. The second-order valence-corrected chi connectivity index (χ2v) is 2.46. The monoisotopic (exact) mass is 175 g/mol. The van der Waals surface area contributed by atoms with Gasteiger partial charge in [0.2, 0.25) is 0 Å². The summed E-state index contributed by atoms with van der Waals surface area (Å²) < 4.78 is 0. The summed E-state index contributed by atoms with van der Waals surface area (Å²) in [5, 5.41) is 19.7. The molecule has 2 atom stereocenters. The number of likely N-dealkylation sites (N-methyl/N-ethyl adjacent to an activating group) is 1. The van der Waals surface area contributed by atoms with Crippen LogP contribution in [0.2, 0.25) is 0 Å². The van der Waals surface area contributed by atoms with Gasteiger partial charge in [0.25, 0.3) is 0 Å². The number of carboxylic acids is 2. The summed E-state index contributed by atoms with van der Waals surface area (Å²) in [6, 6.07) is -1.01. The Hall–Kier alpha value is -1.10. The molecule has 3 N–H and O–H groups in total. The van der Waals surface area contributed by atoms with Gasteiger partial charge >= 0.3 is 11.9 Å². The van der Waals surface area contributed by atoms with Crippen LogP contribution in [0.3, 0.4) is 0 Å². The van der Waals surface area contributed by atoms with Crippen LogP contribution in [0.25, 0.3) is 0 Å². The molecular formula is C7H13NO4. The number of hydrogen-bond acceptors (Lipinski definition) is 3. The third-order valence-electron chi connectivity index (χ3n) is 1.74. The van der Waals surface area contributed by atoms with Crippen molar-refractivity contribution in [3.8, 4) is 0 Å². The van der Waals surface area contributed by atoms with Gasteiger partial charge < -0.3 is 15.5 Å². The SMILES string of the molecule is CC[C@@H](C(=O)O)[C@H](NC)C(=O)O. The summed E-state index contributed by atoms with van der Waals surface area (Å²) >= 11 is 0. The van der Waals surface area contributed by atoms with E-state index in [-0.39, 0.29) is 0 Å². The maximum Gasteiger partial charge on any atom is 0.321 e. The van der Waals surface area contributed by atoms with Crippen LogP contribution in [0, 0.1) is 5.92 Å². The van der Waals surface area contributed by atoms with E-state index in [0.717, 1.165) is 0 Å². The second kappa shape index (κ2) is 4.71. The summed E-state index contributed by atoms with van der Waals surface area (Å²) in [6.07, 6.45) is 0.299. The molecule has 12 heavy (non-hydrogen) atoms. The van der Waals surface area contributed by atoms with Crippen molar-refractivity contribution in [3.05, 3.63) is 0 Å². The molecule has 0 amide bonds. The van der Waals surface area contributed by atoms with Crippen molar-refractivity contribution >= 4 is 11.9 Å². The predicted octanol–water partition coefficient (Wildman–Crippen LogP) is -0.230. The van der Waals surface area contributed by atoms with Gasteiger partial charge in [0.05, 0.1) is 5.92 Å². The molecule has 0 aromatic carbocycles. The highest BCUT2D eigenvalue weighted by molar-refractivity contribution is 5.82. The number of carboxylic acid groups (broad SMARTS) is 2. The minimum atomic E-state index is -1.13. The molecule has 0 radical (unpaired) electrons. The first-order valence-corrected chi connectivity index (χ1v) is 3.67. The molecule has 0 unspecified atom stereocenters. The summed E-state index contributed by atoms with van der Waals surface area (Å²) in [5.74, 6) is -3.08. The van der Waals surface area contributed by atoms with Crippen molar-refractivity contribution in [1.29, 1.82) is 0 Å². The van der Waals surface area contributed by atoms with Crippen LogP contribution in [-0.4, -0.2) is 35.2 Å². The smallest absolute Gasteiger partial charge is 0.321 e. The molecule has 0 aliphatic rings. The standard InChI is InChI=1S/C7H13NO4/c1-3-4(6(9)10)5(8-2)7(11)12/h4-5,8H,3H2,1-2H3,(H,9,10)(H,11,12)/t4-,5+/m1/s1. The molecule has 0 aliphatic carbocycles. The number of aliphatic carboxylic acids is 2. The molecule has 0 bridgehead atoms. The first-order chi connectivity index (χ1) is 5.54. The molecular weight excluding hydrogens is 162 g/mol. The molecule has 0 spiro atoms. The zero-order valence-corrected chi connectivity index (χ0v) is 7.07. The zero-order chi connectivity index (χ0) is 9.72. The van der Waals surface area contributed by atoms with Crippen molar-refractivity contribution in [2.45, 2.75) is 19.4 Å². The minimum Gasteiger partial charge on any atom is -0.481 e. The fourth-order valence-corrected chi connectivity index (χ4v) is 1.05. The lowest BCUT2D eigenvalue weighted by Crippen LogP contribution is -2.43. The fraction of sp³-hybridized carbons (Fsp3) is 0.714. The predicted molar refractivity (Wildman–Crippen MR) is 41.9 cm³/mol.